The standard InChI is InChI=1S/C9H10N4O4/c1-9(2,13(16)17)11-10-7-4-3-5-8(6-7)12(14)15/h3-6H,1-2H3. The van der Waals surface area contributed by atoms with Gasteiger partial charge in [-0.15, -0.1) is 10.2 Å². The molecule has 0 aliphatic heterocycles. The summed E-state index contributed by atoms with van der Waals surface area (Å²) < 4.78 is 0. The van der Waals surface area contributed by atoms with Gasteiger partial charge >= 0.3 is 5.66 Å². The molecule has 0 radical (unpaired) electrons. The van der Waals surface area contributed by atoms with Gasteiger partial charge in [0.2, 0.25) is 0 Å². The Kier molecular flexibility index (Phi) is 3.46. The monoisotopic (exact) mass is 238 g/mol. The van der Waals surface area contributed by atoms with Crippen molar-refractivity contribution in [2.45, 2.75) is 19.5 Å². The van der Waals surface area contributed by atoms with Crippen molar-refractivity contribution in [3.63, 3.8) is 0 Å². The molecule has 0 spiro atoms. The SMILES string of the molecule is CC(C)(N=Nc1cccc([N+](=O)[O-])c1)[N+](=O)[O-]. The van der Waals surface area contributed by atoms with Crippen molar-refractivity contribution in [1.29, 1.82) is 0 Å². The van der Waals surface area contributed by atoms with Crippen LogP contribution in [0.5, 0.6) is 0 Å². The minimum absolute atomic E-state index is 0.139. The summed E-state index contributed by atoms with van der Waals surface area (Å²) in [5.41, 5.74) is -1.49. The average Bonchev–Trinajstić information content (AvgIpc) is 2.26. The summed E-state index contributed by atoms with van der Waals surface area (Å²) in [6.07, 6.45) is 0. The molecule has 1 aromatic rings. The second kappa shape index (κ2) is 4.64. The summed E-state index contributed by atoms with van der Waals surface area (Å²) in [4.78, 5) is 19.9. The molecule has 0 bridgehead atoms. The summed E-state index contributed by atoms with van der Waals surface area (Å²) in [5, 5.41) is 28.2. The number of nitrogens with zero attached hydrogens (tertiary/aromatic N) is 4. The van der Waals surface area contributed by atoms with E-state index in [0.717, 1.165) is 0 Å². The zero-order valence-electron chi connectivity index (χ0n) is 9.23. The molecule has 0 aliphatic rings. The molecule has 0 amide bonds. The summed E-state index contributed by atoms with van der Waals surface area (Å²) in [6, 6.07) is 5.41. The third-order valence-corrected chi connectivity index (χ3v) is 1.90. The Morgan fingerprint density at radius 2 is 1.88 bits per heavy atom. The van der Waals surface area contributed by atoms with Crippen LogP contribution in [0.2, 0.25) is 0 Å². The summed E-state index contributed by atoms with van der Waals surface area (Å²) >= 11 is 0. The van der Waals surface area contributed by atoms with Crippen LogP contribution < -0.4 is 0 Å². The molecule has 0 aliphatic carbocycles. The quantitative estimate of drug-likeness (QED) is 0.456. The molecular weight excluding hydrogens is 228 g/mol. The van der Waals surface area contributed by atoms with Crippen LogP contribution in [0.15, 0.2) is 34.5 Å². The number of rotatable bonds is 4. The van der Waals surface area contributed by atoms with Crippen molar-refractivity contribution in [2.24, 2.45) is 10.2 Å². The third-order valence-electron chi connectivity index (χ3n) is 1.90. The molecule has 0 aromatic heterocycles. The maximum absolute atomic E-state index is 10.6. The van der Waals surface area contributed by atoms with E-state index in [1.165, 1.54) is 38.1 Å². The van der Waals surface area contributed by atoms with Gasteiger partial charge in [-0.1, -0.05) is 6.07 Å². The maximum Gasteiger partial charge on any atom is 0.324 e. The van der Waals surface area contributed by atoms with Gasteiger partial charge in [-0.05, 0) is 6.07 Å². The Balaban J connectivity index is 2.96. The highest BCUT2D eigenvalue weighted by Gasteiger charge is 2.29. The van der Waals surface area contributed by atoms with E-state index in [1.54, 1.807) is 0 Å². The minimum atomic E-state index is -1.55. The lowest BCUT2D eigenvalue weighted by molar-refractivity contribution is -0.559. The first-order valence-electron chi connectivity index (χ1n) is 4.65. The second-order valence-corrected chi connectivity index (χ2v) is 3.73. The highest BCUT2D eigenvalue weighted by Crippen LogP contribution is 2.22. The predicted molar refractivity (Wildman–Crippen MR) is 58.7 cm³/mol. The van der Waals surface area contributed by atoms with Gasteiger partial charge in [0, 0.05) is 26.0 Å². The normalized spacial score (nSPS) is 11.6. The lowest BCUT2D eigenvalue weighted by Gasteiger charge is -2.07. The number of nitro benzene ring substituents is 1. The fourth-order valence-corrected chi connectivity index (χ4v) is 0.885. The van der Waals surface area contributed by atoms with E-state index in [0.29, 0.717) is 0 Å². The number of hydrogen-bond acceptors (Lipinski definition) is 6. The van der Waals surface area contributed by atoms with Crippen LogP contribution in [-0.4, -0.2) is 15.5 Å². The Morgan fingerprint density at radius 3 is 2.41 bits per heavy atom. The first-order valence-corrected chi connectivity index (χ1v) is 4.65. The summed E-state index contributed by atoms with van der Waals surface area (Å²) in [5.74, 6) is 0. The first-order chi connectivity index (χ1) is 7.83. The largest absolute Gasteiger partial charge is 0.324 e. The van der Waals surface area contributed by atoms with Gasteiger partial charge in [0.25, 0.3) is 5.69 Å². The number of benzene rings is 1. The van der Waals surface area contributed by atoms with Gasteiger partial charge in [-0.2, -0.15) is 0 Å². The van der Waals surface area contributed by atoms with Crippen LogP contribution in [-0.2, 0) is 0 Å². The van der Waals surface area contributed by atoms with Crippen molar-refractivity contribution >= 4 is 11.4 Å². The van der Waals surface area contributed by atoms with Crippen LogP contribution in [0.3, 0.4) is 0 Å². The van der Waals surface area contributed by atoms with Crippen molar-refractivity contribution in [2.75, 3.05) is 0 Å². The van der Waals surface area contributed by atoms with Crippen molar-refractivity contribution in [1.82, 2.24) is 0 Å². The lowest BCUT2D eigenvalue weighted by atomic mass is 10.3. The van der Waals surface area contributed by atoms with Gasteiger partial charge in [0.05, 0.1) is 15.5 Å². The summed E-state index contributed by atoms with van der Waals surface area (Å²) in [7, 11) is 0. The third kappa shape index (κ3) is 3.30. The van der Waals surface area contributed by atoms with Gasteiger partial charge in [0.1, 0.15) is 0 Å². The number of non-ortho nitro benzene ring substituents is 1. The second-order valence-electron chi connectivity index (χ2n) is 3.73. The molecule has 0 atom stereocenters. The van der Waals surface area contributed by atoms with E-state index in [4.69, 9.17) is 0 Å². The maximum atomic E-state index is 10.6. The molecule has 0 saturated heterocycles. The van der Waals surface area contributed by atoms with Crippen molar-refractivity contribution in [3.8, 4) is 0 Å². The summed E-state index contributed by atoms with van der Waals surface area (Å²) in [6.45, 7) is 2.57. The highest BCUT2D eigenvalue weighted by atomic mass is 16.6. The van der Waals surface area contributed by atoms with Gasteiger partial charge < -0.3 is 0 Å². The molecule has 0 heterocycles. The predicted octanol–water partition coefficient (Wildman–Crippen LogP) is 2.69. The number of azo groups is 1. The van der Waals surface area contributed by atoms with Crippen molar-refractivity contribution in [3.05, 3.63) is 44.5 Å². The molecule has 1 rings (SSSR count). The van der Waals surface area contributed by atoms with E-state index < -0.39 is 15.5 Å². The van der Waals surface area contributed by atoms with E-state index in [-0.39, 0.29) is 11.4 Å². The fourth-order valence-electron chi connectivity index (χ4n) is 0.885. The average molecular weight is 238 g/mol. The van der Waals surface area contributed by atoms with E-state index >= 15 is 0 Å². The van der Waals surface area contributed by atoms with Crippen molar-refractivity contribution < 1.29 is 9.85 Å². The molecule has 0 unspecified atom stereocenters. The van der Waals surface area contributed by atoms with Crippen LogP contribution in [0, 0.1) is 20.2 Å². The fraction of sp³-hybridized carbons (Fsp3) is 0.333. The van der Waals surface area contributed by atoms with Crippen LogP contribution in [0.25, 0.3) is 0 Å². The first kappa shape index (κ1) is 12.7. The van der Waals surface area contributed by atoms with E-state index in [9.17, 15) is 20.2 Å². The van der Waals surface area contributed by atoms with Gasteiger partial charge in [-0.3, -0.25) is 20.2 Å². The molecular formula is C9H10N4O4. The Labute approximate surface area is 96.3 Å². The van der Waals surface area contributed by atoms with Crippen LogP contribution >= 0.6 is 0 Å². The topological polar surface area (TPSA) is 111 Å². The van der Waals surface area contributed by atoms with Gasteiger partial charge in [-0.25, -0.2) is 0 Å². The smallest absolute Gasteiger partial charge is 0.262 e. The molecule has 0 N–H and O–H groups in total. The number of hydrogen-bond donors (Lipinski definition) is 0. The minimum Gasteiger partial charge on any atom is -0.262 e. The van der Waals surface area contributed by atoms with E-state index in [1.807, 2.05) is 0 Å². The zero-order chi connectivity index (χ0) is 13.1. The number of nitro groups is 2. The molecule has 17 heavy (non-hydrogen) atoms. The zero-order valence-corrected chi connectivity index (χ0v) is 9.23. The molecule has 90 valence electrons. The molecule has 0 saturated carbocycles. The molecule has 8 heteroatoms. The van der Waals surface area contributed by atoms with Crippen LogP contribution in [0.1, 0.15) is 13.8 Å². The molecule has 1 aromatic carbocycles. The van der Waals surface area contributed by atoms with Crippen LogP contribution in [0.4, 0.5) is 11.4 Å². The Hall–Kier alpha value is -2.38. The molecule has 8 nitrogen and oxygen atoms in total. The Morgan fingerprint density at radius 1 is 1.24 bits per heavy atom. The van der Waals surface area contributed by atoms with E-state index in [2.05, 4.69) is 10.2 Å². The highest BCUT2D eigenvalue weighted by molar-refractivity contribution is 5.46. The lowest BCUT2D eigenvalue weighted by Crippen LogP contribution is -2.27. The molecule has 0 fully saturated rings. The Bertz CT molecular complexity index is 484. The van der Waals surface area contributed by atoms with Gasteiger partial charge in [0.15, 0.2) is 0 Å².